The van der Waals surface area contributed by atoms with Gasteiger partial charge < -0.3 is 10.4 Å². The number of aliphatic hydroxyl groups is 1. The average molecular weight is 301 g/mol. The molecule has 1 aromatic carbocycles. The summed E-state index contributed by atoms with van der Waals surface area (Å²) in [6.07, 6.45) is 1.49. The van der Waals surface area contributed by atoms with Gasteiger partial charge in [-0.3, -0.25) is 9.48 Å². The number of nitrogens with one attached hydrogen (secondary N) is 1. The summed E-state index contributed by atoms with van der Waals surface area (Å²) < 4.78 is 1.81. The summed E-state index contributed by atoms with van der Waals surface area (Å²) in [6, 6.07) is 9.94. The maximum absolute atomic E-state index is 12.2. The Bertz CT molecular complexity index is 620. The first-order chi connectivity index (χ1) is 10.5. The second-order valence-corrected chi connectivity index (χ2v) is 5.74. The molecule has 1 amide bonds. The van der Waals surface area contributed by atoms with Gasteiger partial charge in [0.1, 0.15) is 0 Å². The fourth-order valence-electron chi connectivity index (χ4n) is 2.43. The van der Waals surface area contributed by atoms with Crippen LogP contribution >= 0.6 is 0 Å². The molecule has 0 saturated carbocycles. The third kappa shape index (κ3) is 3.95. The normalized spacial score (nSPS) is 12.4. The largest absolute Gasteiger partial charge is 0.391 e. The van der Waals surface area contributed by atoms with Crippen LogP contribution in [0.3, 0.4) is 0 Å². The molecule has 0 fully saturated rings. The van der Waals surface area contributed by atoms with Gasteiger partial charge in [0.15, 0.2) is 0 Å². The fourth-order valence-corrected chi connectivity index (χ4v) is 2.43. The molecule has 118 valence electrons. The van der Waals surface area contributed by atoms with Crippen molar-refractivity contribution < 1.29 is 9.90 Å². The molecule has 0 aliphatic carbocycles. The van der Waals surface area contributed by atoms with Crippen LogP contribution in [0.4, 0.5) is 0 Å². The summed E-state index contributed by atoms with van der Waals surface area (Å²) in [6.45, 7) is 6.14. The molecule has 1 unspecified atom stereocenters. The minimum absolute atomic E-state index is 0.198. The zero-order valence-electron chi connectivity index (χ0n) is 13.3. The highest BCUT2D eigenvalue weighted by atomic mass is 16.3. The summed E-state index contributed by atoms with van der Waals surface area (Å²) in [5.74, 6) is -0.198. The molecule has 22 heavy (non-hydrogen) atoms. The number of benzene rings is 1. The Hall–Kier alpha value is -2.14. The monoisotopic (exact) mass is 301 g/mol. The van der Waals surface area contributed by atoms with E-state index in [1.165, 1.54) is 0 Å². The Morgan fingerprint density at radius 3 is 2.59 bits per heavy atom. The van der Waals surface area contributed by atoms with Gasteiger partial charge in [-0.25, -0.2) is 0 Å². The van der Waals surface area contributed by atoms with Crippen molar-refractivity contribution in [3.05, 3.63) is 53.3 Å². The Labute approximate surface area is 131 Å². The van der Waals surface area contributed by atoms with E-state index >= 15 is 0 Å². The lowest BCUT2D eigenvalue weighted by atomic mass is 10.1. The van der Waals surface area contributed by atoms with E-state index in [4.69, 9.17) is 0 Å². The van der Waals surface area contributed by atoms with Crippen LogP contribution in [-0.2, 0) is 6.42 Å². The molecule has 0 bridgehead atoms. The lowest BCUT2D eigenvalue weighted by Gasteiger charge is -2.12. The second-order valence-electron chi connectivity index (χ2n) is 5.74. The van der Waals surface area contributed by atoms with Crippen molar-refractivity contribution >= 4 is 5.91 Å². The predicted molar refractivity (Wildman–Crippen MR) is 85.8 cm³/mol. The van der Waals surface area contributed by atoms with Gasteiger partial charge in [0.2, 0.25) is 0 Å². The summed E-state index contributed by atoms with van der Waals surface area (Å²) in [5.41, 5.74) is 2.44. The highest BCUT2D eigenvalue weighted by molar-refractivity contribution is 5.95. The van der Waals surface area contributed by atoms with E-state index in [0.29, 0.717) is 12.0 Å². The minimum Gasteiger partial charge on any atom is -0.391 e. The van der Waals surface area contributed by atoms with Crippen molar-refractivity contribution in [2.75, 3.05) is 6.54 Å². The maximum Gasteiger partial charge on any atom is 0.254 e. The molecule has 0 radical (unpaired) electrons. The smallest absolute Gasteiger partial charge is 0.254 e. The Morgan fingerprint density at radius 1 is 1.32 bits per heavy atom. The highest BCUT2D eigenvalue weighted by Gasteiger charge is 2.16. The quantitative estimate of drug-likeness (QED) is 0.858. The Kier molecular flexibility index (Phi) is 5.33. The maximum atomic E-state index is 12.2. The van der Waals surface area contributed by atoms with Crippen LogP contribution in [0.2, 0.25) is 0 Å². The van der Waals surface area contributed by atoms with Gasteiger partial charge >= 0.3 is 0 Å². The summed E-state index contributed by atoms with van der Waals surface area (Å²) in [5, 5.41) is 17.0. The lowest BCUT2D eigenvalue weighted by molar-refractivity contribution is 0.0915. The standard InChI is InChI=1S/C17H23N3O2/c1-12(2)20-13(3)16(11-19-20)17(22)18-10-15(21)9-14-7-5-4-6-8-14/h4-8,11-12,15,21H,9-10H2,1-3H3,(H,18,22). The summed E-state index contributed by atoms with van der Waals surface area (Å²) >= 11 is 0. The van der Waals surface area contributed by atoms with Crippen LogP contribution in [-0.4, -0.2) is 33.4 Å². The molecule has 1 aromatic heterocycles. The van der Waals surface area contributed by atoms with Crippen molar-refractivity contribution in [2.45, 2.75) is 39.3 Å². The van der Waals surface area contributed by atoms with Crippen LogP contribution in [0.25, 0.3) is 0 Å². The zero-order chi connectivity index (χ0) is 16.1. The van der Waals surface area contributed by atoms with E-state index in [2.05, 4.69) is 10.4 Å². The fraction of sp³-hybridized carbons (Fsp3) is 0.412. The molecule has 2 rings (SSSR count). The number of hydrogen-bond acceptors (Lipinski definition) is 3. The first kappa shape index (κ1) is 16.2. The highest BCUT2D eigenvalue weighted by Crippen LogP contribution is 2.12. The van der Waals surface area contributed by atoms with Crippen molar-refractivity contribution in [3.8, 4) is 0 Å². The van der Waals surface area contributed by atoms with E-state index in [0.717, 1.165) is 11.3 Å². The van der Waals surface area contributed by atoms with Crippen LogP contribution in [0.1, 0.15) is 41.5 Å². The third-order valence-electron chi connectivity index (χ3n) is 3.59. The number of rotatable bonds is 6. The molecular formula is C17H23N3O2. The van der Waals surface area contributed by atoms with E-state index in [1.54, 1.807) is 6.20 Å². The number of amides is 1. The van der Waals surface area contributed by atoms with Crippen LogP contribution in [0.15, 0.2) is 36.5 Å². The number of carbonyl (C=O) groups is 1. The van der Waals surface area contributed by atoms with Crippen molar-refractivity contribution in [3.63, 3.8) is 0 Å². The van der Waals surface area contributed by atoms with Gasteiger partial charge in [-0.2, -0.15) is 5.10 Å². The molecule has 0 saturated heterocycles. The van der Waals surface area contributed by atoms with Gasteiger partial charge in [0.25, 0.3) is 5.91 Å². The van der Waals surface area contributed by atoms with E-state index in [9.17, 15) is 9.90 Å². The minimum atomic E-state index is -0.605. The predicted octanol–water partition coefficient (Wildman–Crippen LogP) is 2.11. The van der Waals surface area contributed by atoms with Crippen molar-refractivity contribution in [1.29, 1.82) is 0 Å². The molecule has 0 spiro atoms. The number of carbonyl (C=O) groups excluding carboxylic acids is 1. The van der Waals surface area contributed by atoms with Gasteiger partial charge in [0, 0.05) is 24.7 Å². The lowest BCUT2D eigenvalue weighted by Crippen LogP contribution is -2.33. The van der Waals surface area contributed by atoms with Crippen LogP contribution in [0, 0.1) is 6.92 Å². The molecule has 5 heteroatoms. The van der Waals surface area contributed by atoms with Crippen LogP contribution < -0.4 is 5.32 Å². The van der Waals surface area contributed by atoms with Crippen molar-refractivity contribution in [2.24, 2.45) is 0 Å². The molecular weight excluding hydrogens is 278 g/mol. The first-order valence-electron chi connectivity index (χ1n) is 7.53. The van der Waals surface area contributed by atoms with Crippen LogP contribution in [0.5, 0.6) is 0 Å². The molecule has 2 aromatic rings. The third-order valence-corrected chi connectivity index (χ3v) is 3.59. The molecule has 1 heterocycles. The molecule has 5 nitrogen and oxygen atoms in total. The second kappa shape index (κ2) is 7.22. The Morgan fingerprint density at radius 2 is 2.00 bits per heavy atom. The average Bonchev–Trinajstić information content (AvgIpc) is 2.88. The van der Waals surface area contributed by atoms with Gasteiger partial charge in [-0.15, -0.1) is 0 Å². The SMILES string of the molecule is Cc1c(C(=O)NCC(O)Cc2ccccc2)cnn1C(C)C. The number of nitrogens with zero attached hydrogens (tertiary/aromatic N) is 2. The van der Waals surface area contributed by atoms with E-state index < -0.39 is 6.10 Å². The van der Waals surface area contributed by atoms with Crippen molar-refractivity contribution in [1.82, 2.24) is 15.1 Å². The van der Waals surface area contributed by atoms with Gasteiger partial charge in [-0.1, -0.05) is 30.3 Å². The number of hydrogen-bond donors (Lipinski definition) is 2. The number of aliphatic hydroxyl groups excluding tert-OH is 1. The molecule has 1 atom stereocenters. The molecule has 0 aliphatic heterocycles. The molecule has 2 N–H and O–H groups in total. The Balaban J connectivity index is 1.90. The summed E-state index contributed by atoms with van der Waals surface area (Å²) in [4.78, 5) is 12.2. The van der Waals surface area contributed by atoms with Gasteiger partial charge in [0.05, 0.1) is 17.9 Å². The molecule has 0 aliphatic rings. The van der Waals surface area contributed by atoms with E-state index in [-0.39, 0.29) is 18.5 Å². The number of aromatic nitrogens is 2. The summed E-state index contributed by atoms with van der Waals surface area (Å²) in [7, 11) is 0. The van der Waals surface area contributed by atoms with Gasteiger partial charge in [-0.05, 0) is 26.3 Å². The zero-order valence-corrected chi connectivity index (χ0v) is 13.3. The topological polar surface area (TPSA) is 67.2 Å². The van der Waals surface area contributed by atoms with E-state index in [1.807, 2.05) is 55.8 Å². The first-order valence-corrected chi connectivity index (χ1v) is 7.53.